The highest BCUT2D eigenvalue weighted by atomic mass is 32.2. The second-order valence-electron chi connectivity index (χ2n) is 6.60. The molecular formula is C18H23N3O2S. The molecule has 1 saturated heterocycles. The molecule has 1 aromatic carbocycles. The average Bonchev–Trinajstić information content (AvgIpc) is 2.96. The average molecular weight is 345 g/mol. The minimum absolute atomic E-state index is 0.376. The van der Waals surface area contributed by atoms with Crippen LogP contribution in [0.5, 0.6) is 0 Å². The summed E-state index contributed by atoms with van der Waals surface area (Å²) in [5, 5.41) is 0. The third-order valence-corrected chi connectivity index (χ3v) is 5.63. The van der Waals surface area contributed by atoms with Crippen LogP contribution in [0.25, 0.3) is 0 Å². The lowest BCUT2D eigenvalue weighted by molar-refractivity contribution is 0.316. The molecule has 1 aromatic heterocycles. The number of nitrogens with zero attached hydrogens (tertiary/aromatic N) is 2. The smallest absolute Gasteiger partial charge is 0.175 e. The number of nitrogen functional groups attached to an aromatic ring is 1. The van der Waals surface area contributed by atoms with Gasteiger partial charge in [-0.05, 0) is 54.6 Å². The van der Waals surface area contributed by atoms with Gasteiger partial charge < -0.3 is 5.73 Å². The Morgan fingerprint density at radius 1 is 1.17 bits per heavy atom. The molecule has 1 unspecified atom stereocenters. The standard InChI is InChI=1S/C18H23N3O2S/c1-24(22,23)17-5-2-14(3-6-17)12-21-9-8-16(13-21)10-15-4-7-18(19)20-11-15/h2-7,11,16H,8-10,12-13H2,1H3,(H2,19,20). The molecule has 0 amide bonds. The first-order valence-electron chi connectivity index (χ1n) is 8.12. The molecule has 1 atom stereocenters. The molecule has 1 aliphatic rings. The Labute approximate surface area is 143 Å². The number of hydrogen-bond acceptors (Lipinski definition) is 5. The van der Waals surface area contributed by atoms with Gasteiger partial charge in [-0.25, -0.2) is 13.4 Å². The van der Waals surface area contributed by atoms with Crippen molar-refractivity contribution in [2.45, 2.75) is 24.3 Å². The normalized spacial score (nSPS) is 18.8. The van der Waals surface area contributed by atoms with Gasteiger partial charge in [0, 0.05) is 25.5 Å². The Bertz CT molecular complexity index is 786. The van der Waals surface area contributed by atoms with Gasteiger partial charge in [-0.3, -0.25) is 4.90 Å². The minimum atomic E-state index is -3.12. The molecule has 1 fully saturated rings. The number of benzene rings is 1. The lowest BCUT2D eigenvalue weighted by atomic mass is 10.00. The van der Waals surface area contributed by atoms with Crippen molar-refractivity contribution in [2.75, 3.05) is 25.1 Å². The largest absolute Gasteiger partial charge is 0.384 e. The number of anilines is 1. The molecule has 2 N–H and O–H groups in total. The van der Waals surface area contributed by atoms with Gasteiger partial charge in [0.1, 0.15) is 5.82 Å². The van der Waals surface area contributed by atoms with Gasteiger partial charge in [-0.15, -0.1) is 0 Å². The van der Waals surface area contributed by atoms with E-state index < -0.39 is 9.84 Å². The van der Waals surface area contributed by atoms with E-state index in [1.807, 2.05) is 24.4 Å². The van der Waals surface area contributed by atoms with E-state index in [1.54, 1.807) is 12.1 Å². The number of hydrogen-bond donors (Lipinski definition) is 1. The van der Waals surface area contributed by atoms with Gasteiger partial charge >= 0.3 is 0 Å². The van der Waals surface area contributed by atoms with Gasteiger partial charge in [0.25, 0.3) is 0 Å². The van der Waals surface area contributed by atoms with Gasteiger partial charge in [0.05, 0.1) is 4.90 Å². The number of nitrogens with two attached hydrogens (primary N) is 1. The van der Waals surface area contributed by atoms with Crippen LogP contribution >= 0.6 is 0 Å². The van der Waals surface area contributed by atoms with Crippen molar-refractivity contribution in [2.24, 2.45) is 5.92 Å². The Morgan fingerprint density at radius 3 is 2.50 bits per heavy atom. The van der Waals surface area contributed by atoms with E-state index in [0.29, 0.717) is 16.6 Å². The van der Waals surface area contributed by atoms with E-state index in [2.05, 4.69) is 16.0 Å². The van der Waals surface area contributed by atoms with Crippen LogP contribution in [0.1, 0.15) is 17.5 Å². The molecule has 1 aliphatic heterocycles. The highest BCUT2D eigenvalue weighted by molar-refractivity contribution is 7.90. The fourth-order valence-corrected chi connectivity index (χ4v) is 3.84. The summed E-state index contributed by atoms with van der Waals surface area (Å²) in [4.78, 5) is 6.95. The van der Waals surface area contributed by atoms with E-state index in [9.17, 15) is 8.42 Å². The van der Waals surface area contributed by atoms with Crippen LogP contribution in [0.2, 0.25) is 0 Å². The first-order valence-corrected chi connectivity index (χ1v) is 10.0. The molecule has 0 aliphatic carbocycles. The number of rotatable bonds is 5. The molecule has 0 radical (unpaired) electrons. The first kappa shape index (κ1) is 16.9. The van der Waals surface area contributed by atoms with E-state index >= 15 is 0 Å². The van der Waals surface area contributed by atoms with Crippen molar-refractivity contribution in [3.05, 3.63) is 53.7 Å². The molecule has 0 bridgehead atoms. The molecule has 2 heterocycles. The Morgan fingerprint density at radius 2 is 1.88 bits per heavy atom. The van der Waals surface area contributed by atoms with Gasteiger partial charge in [-0.2, -0.15) is 0 Å². The van der Waals surface area contributed by atoms with Crippen LogP contribution in [0.4, 0.5) is 5.82 Å². The summed E-state index contributed by atoms with van der Waals surface area (Å²) in [5.74, 6) is 1.19. The SMILES string of the molecule is CS(=O)(=O)c1ccc(CN2CCC(Cc3ccc(N)nc3)C2)cc1. The number of likely N-dealkylation sites (tertiary alicyclic amines) is 1. The lowest BCUT2D eigenvalue weighted by Gasteiger charge is -2.16. The van der Waals surface area contributed by atoms with Crippen LogP contribution in [-0.4, -0.2) is 37.6 Å². The van der Waals surface area contributed by atoms with Gasteiger partial charge in [0.15, 0.2) is 9.84 Å². The fraction of sp³-hybridized carbons (Fsp3) is 0.389. The van der Waals surface area contributed by atoms with Crippen molar-refractivity contribution in [1.82, 2.24) is 9.88 Å². The molecule has 24 heavy (non-hydrogen) atoms. The maximum atomic E-state index is 11.5. The number of sulfone groups is 1. The second-order valence-corrected chi connectivity index (χ2v) is 8.62. The summed E-state index contributed by atoms with van der Waals surface area (Å²) in [6.07, 6.45) is 5.30. The highest BCUT2D eigenvalue weighted by Gasteiger charge is 2.22. The van der Waals surface area contributed by atoms with Crippen molar-refractivity contribution < 1.29 is 8.42 Å². The monoisotopic (exact) mass is 345 g/mol. The molecule has 3 rings (SSSR count). The van der Waals surface area contributed by atoms with Crippen LogP contribution in [-0.2, 0) is 22.8 Å². The summed E-state index contributed by atoms with van der Waals surface area (Å²) in [6, 6.07) is 11.1. The zero-order chi connectivity index (χ0) is 17.2. The molecule has 2 aromatic rings. The Hall–Kier alpha value is -1.92. The molecule has 128 valence electrons. The topological polar surface area (TPSA) is 76.3 Å². The van der Waals surface area contributed by atoms with Crippen LogP contribution in [0.3, 0.4) is 0 Å². The van der Waals surface area contributed by atoms with E-state index in [4.69, 9.17) is 5.73 Å². The molecule has 6 heteroatoms. The second kappa shape index (κ2) is 6.91. The lowest BCUT2D eigenvalue weighted by Crippen LogP contribution is -2.20. The molecule has 0 saturated carbocycles. The predicted molar refractivity (Wildman–Crippen MR) is 95.3 cm³/mol. The van der Waals surface area contributed by atoms with E-state index in [0.717, 1.165) is 31.6 Å². The molecule has 0 spiro atoms. The third kappa shape index (κ3) is 4.33. The summed E-state index contributed by atoms with van der Waals surface area (Å²) in [7, 11) is -3.12. The molecule has 5 nitrogen and oxygen atoms in total. The maximum Gasteiger partial charge on any atom is 0.175 e. The highest BCUT2D eigenvalue weighted by Crippen LogP contribution is 2.23. The number of pyridine rings is 1. The number of aromatic nitrogens is 1. The van der Waals surface area contributed by atoms with Crippen molar-refractivity contribution in [1.29, 1.82) is 0 Å². The Kier molecular flexibility index (Phi) is 4.87. The summed E-state index contributed by atoms with van der Waals surface area (Å²) in [5.41, 5.74) is 8.00. The van der Waals surface area contributed by atoms with Gasteiger partial charge in [0.2, 0.25) is 0 Å². The van der Waals surface area contributed by atoms with Crippen LogP contribution in [0, 0.1) is 5.92 Å². The minimum Gasteiger partial charge on any atom is -0.384 e. The Balaban J connectivity index is 1.55. The van der Waals surface area contributed by atoms with Crippen molar-refractivity contribution in [3.8, 4) is 0 Å². The van der Waals surface area contributed by atoms with Crippen LogP contribution in [0.15, 0.2) is 47.5 Å². The summed E-state index contributed by atoms with van der Waals surface area (Å²) in [6.45, 7) is 2.99. The fourth-order valence-electron chi connectivity index (χ4n) is 3.21. The van der Waals surface area contributed by atoms with Gasteiger partial charge in [-0.1, -0.05) is 18.2 Å². The maximum absolute atomic E-state index is 11.5. The zero-order valence-electron chi connectivity index (χ0n) is 13.9. The quantitative estimate of drug-likeness (QED) is 0.898. The van der Waals surface area contributed by atoms with Crippen LogP contribution < -0.4 is 5.73 Å². The summed E-state index contributed by atoms with van der Waals surface area (Å²) >= 11 is 0. The third-order valence-electron chi connectivity index (χ3n) is 4.50. The molecular weight excluding hydrogens is 322 g/mol. The van der Waals surface area contributed by atoms with Crippen molar-refractivity contribution >= 4 is 15.7 Å². The van der Waals surface area contributed by atoms with E-state index in [1.165, 1.54) is 18.2 Å². The zero-order valence-corrected chi connectivity index (χ0v) is 14.7. The van der Waals surface area contributed by atoms with Crippen molar-refractivity contribution in [3.63, 3.8) is 0 Å². The predicted octanol–water partition coefficient (Wildman–Crippen LogP) is 2.13. The summed E-state index contributed by atoms with van der Waals surface area (Å²) < 4.78 is 23.0. The first-order chi connectivity index (χ1) is 11.4. The van der Waals surface area contributed by atoms with E-state index in [-0.39, 0.29) is 0 Å².